The first kappa shape index (κ1) is 25.0. The zero-order chi connectivity index (χ0) is 25.3. The van der Waals surface area contributed by atoms with Gasteiger partial charge in [0, 0.05) is 19.0 Å². The van der Waals surface area contributed by atoms with E-state index < -0.39 is 5.97 Å². The summed E-state index contributed by atoms with van der Waals surface area (Å²) in [7, 11) is 1.31. The van der Waals surface area contributed by atoms with Crippen LogP contribution in [0.15, 0.2) is 36.5 Å². The molecule has 0 atom stereocenters. The van der Waals surface area contributed by atoms with Gasteiger partial charge in [-0.1, -0.05) is 44.2 Å². The smallest absolute Gasteiger partial charge is 0.356 e. The fourth-order valence-electron chi connectivity index (χ4n) is 5.10. The number of likely N-dealkylation sites (tertiary alicyclic amines) is 1. The maximum atomic E-state index is 13.3. The maximum Gasteiger partial charge on any atom is 0.356 e. The Bertz CT molecular complexity index is 1090. The number of carbonyl (C=O) groups is 3. The summed E-state index contributed by atoms with van der Waals surface area (Å²) in [5.74, 6) is -0.770. The van der Waals surface area contributed by atoms with Crippen LogP contribution in [-0.4, -0.2) is 60.5 Å². The second-order valence-corrected chi connectivity index (χ2v) is 11.0. The zero-order valence-electron chi connectivity index (χ0n) is 21.2. The van der Waals surface area contributed by atoms with Crippen molar-refractivity contribution in [2.75, 3.05) is 38.6 Å². The monoisotopic (exact) mass is 481 g/mol. The molecule has 1 aromatic carbocycles. The zero-order valence-corrected chi connectivity index (χ0v) is 21.2. The number of ether oxygens (including phenoxy) is 1. The van der Waals surface area contributed by atoms with Gasteiger partial charge in [-0.05, 0) is 36.3 Å². The molecule has 8 heteroatoms. The Morgan fingerprint density at radius 3 is 2.23 bits per heavy atom. The first-order valence-corrected chi connectivity index (χ1v) is 12.3. The van der Waals surface area contributed by atoms with Gasteiger partial charge in [-0.15, -0.1) is 0 Å². The molecule has 35 heavy (non-hydrogen) atoms. The Morgan fingerprint density at radius 2 is 1.63 bits per heavy atom. The van der Waals surface area contributed by atoms with Gasteiger partial charge in [0.05, 0.1) is 31.4 Å². The molecule has 4 rings (SSSR count). The molecule has 1 saturated carbocycles. The van der Waals surface area contributed by atoms with Gasteiger partial charge in [-0.2, -0.15) is 0 Å². The number of anilines is 1. The number of hydrogen-bond donors (Lipinski definition) is 3. The average Bonchev–Trinajstić information content (AvgIpc) is 3.52. The first-order chi connectivity index (χ1) is 16.6. The van der Waals surface area contributed by atoms with Crippen LogP contribution in [0.3, 0.4) is 0 Å². The largest absolute Gasteiger partial charge is 0.464 e. The number of H-pyrrole nitrogens is 1. The average molecular weight is 482 g/mol. The number of carbonyl (C=O) groups excluding carboxylic acids is 3. The molecule has 1 saturated heterocycles. The van der Waals surface area contributed by atoms with Crippen LogP contribution in [0.1, 0.15) is 61.1 Å². The lowest BCUT2D eigenvalue weighted by molar-refractivity contribution is -0.920. The molecule has 2 heterocycles. The van der Waals surface area contributed by atoms with Crippen LogP contribution in [0.4, 0.5) is 5.69 Å². The van der Waals surface area contributed by atoms with Gasteiger partial charge in [0.1, 0.15) is 5.69 Å². The van der Waals surface area contributed by atoms with E-state index in [1.54, 1.807) is 6.20 Å². The highest BCUT2D eigenvalue weighted by atomic mass is 16.5. The number of amides is 2. The molecular formula is C27H37N4O4+. The van der Waals surface area contributed by atoms with Gasteiger partial charge < -0.3 is 24.8 Å². The van der Waals surface area contributed by atoms with Crippen LogP contribution in [-0.2, 0) is 19.9 Å². The molecule has 188 valence electrons. The minimum Gasteiger partial charge on any atom is -0.464 e. The second-order valence-electron chi connectivity index (χ2n) is 11.0. The molecule has 2 amide bonds. The quantitative estimate of drug-likeness (QED) is 0.397. The lowest BCUT2D eigenvalue weighted by atomic mass is 9.81. The van der Waals surface area contributed by atoms with Crippen molar-refractivity contribution >= 4 is 23.5 Å². The minimum absolute atomic E-state index is 0.0214. The van der Waals surface area contributed by atoms with Crippen LogP contribution in [0.25, 0.3) is 0 Å². The number of nitrogens with one attached hydrogen (secondary N) is 3. The van der Waals surface area contributed by atoms with Crippen LogP contribution < -0.4 is 10.6 Å². The topological polar surface area (TPSA) is 100 Å². The molecular weight excluding hydrogens is 444 g/mol. The predicted molar refractivity (Wildman–Crippen MR) is 134 cm³/mol. The van der Waals surface area contributed by atoms with Crippen molar-refractivity contribution in [1.29, 1.82) is 0 Å². The van der Waals surface area contributed by atoms with Crippen molar-refractivity contribution in [3.8, 4) is 0 Å². The number of benzene rings is 1. The Kier molecular flexibility index (Phi) is 6.77. The van der Waals surface area contributed by atoms with Crippen LogP contribution >= 0.6 is 0 Å². The summed E-state index contributed by atoms with van der Waals surface area (Å²) in [5.41, 5.74) is 2.45. The highest BCUT2D eigenvalue weighted by molar-refractivity contribution is 6.01. The normalized spacial score (nSPS) is 19.4. The lowest BCUT2D eigenvalue weighted by Gasteiger charge is -2.45. The fraction of sp³-hybridized carbons (Fsp3) is 0.519. The molecule has 1 aromatic heterocycles. The molecule has 2 aliphatic rings. The molecule has 0 radical (unpaired) electrons. The third-order valence-corrected chi connectivity index (χ3v) is 7.67. The second kappa shape index (κ2) is 9.49. The van der Waals surface area contributed by atoms with Crippen molar-refractivity contribution in [3.63, 3.8) is 0 Å². The van der Waals surface area contributed by atoms with E-state index in [4.69, 9.17) is 4.74 Å². The predicted octanol–water partition coefficient (Wildman–Crippen LogP) is 3.49. The van der Waals surface area contributed by atoms with E-state index in [1.165, 1.54) is 7.11 Å². The Labute approximate surface area is 207 Å². The number of piperidine rings is 1. The van der Waals surface area contributed by atoms with E-state index in [-0.39, 0.29) is 41.6 Å². The number of hydrogen-bond acceptors (Lipinski definition) is 4. The Morgan fingerprint density at radius 1 is 1.00 bits per heavy atom. The third-order valence-electron chi connectivity index (χ3n) is 7.67. The van der Waals surface area contributed by atoms with E-state index in [9.17, 15) is 14.4 Å². The van der Waals surface area contributed by atoms with Crippen molar-refractivity contribution in [3.05, 3.63) is 53.3 Å². The summed E-state index contributed by atoms with van der Waals surface area (Å²) in [6.45, 7) is 8.23. The summed E-state index contributed by atoms with van der Waals surface area (Å²) in [6.07, 6.45) is 5.41. The lowest BCUT2D eigenvalue weighted by Crippen LogP contribution is -2.61. The van der Waals surface area contributed by atoms with Gasteiger partial charge in [-0.25, -0.2) is 4.79 Å². The van der Waals surface area contributed by atoms with Crippen LogP contribution in [0.5, 0.6) is 0 Å². The Balaban J connectivity index is 1.48. The molecule has 0 spiro atoms. The first-order valence-electron chi connectivity index (χ1n) is 12.3. The summed E-state index contributed by atoms with van der Waals surface area (Å²) in [5, 5.41) is 6.19. The molecule has 2 aromatic rings. The number of nitrogens with zero attached hydrogens (tertiary/aromatic N) is 1. The molecule has 1 aliphatic heterocycles. The molecule has 3 N–H and O–H groups in total. The molecule has 1 aliphatic carbocycles. The summed E-state index contributed by atoms with van der Waals surface area (Å²) < 4.78 is 5.23. The number of aromatic nitrogens is 1. The molecule has 2 fully saturated rings. The molecule has 8 nitrogen and oxygen atoms in total. The van der Waals surface area contributed by atoms with Crippen LogP contribution in [0.2, 0.25) is 0 Å². The van der Waals surface area contributed by atoms with Gasteiger partial charge in [0.25, 0.3) is 11.8 Å². The minimum atomic E-state index is -0.535. The highest BCUT2D eigenvalue weighted by Gasteiger charge is 2.47. The van der Waals surface area contributed by atoms with E-state index in [1.807, 2.05) is 25.1 Å². The van der Waals surface area contributed by atoms with Crippen molar-refractivity contribution in [2.24, 2.45) is 5.41 Å². The van der Waals surface area contributed by atoms with E-state index in [2.05, 4.69) is 41.6 Å². The third kappa shape index (κ3) is 5.59. The summed E-state index contributed by atoms with van der Waals surface area (Å²) >= 11 is 0. The van der Waals surface area contributed by atoms with E-state index >= 15 is 0 Å². The van der Waals surface area contributed by atoms with Gasteiger partial charge >= 0.3 is 5.97 Å². The van der Waals surface area contributed by atoms with Crippen LogP contribution in [0, 0.1) is 12.3 Å². The SMILES string of the molecule is COC(=O)c1[nH]cc(C)c1NC(=O)C[N+]1(CC(=O)NC2(c3ccccc3)CC2)CCC(C)(C)CC1. The standard InChI is InChI=1S/C27H36N4O4/c1-19-16-28-24(25(34)35-4)23(19)29-21(32)17-31(14-12-26(2,3)13-15-31)18-22(33)30-27(10-11-27)20-8-6-5-7-9-20/h5-9,16H,10-15,17-18H2,1-4H3,(H2-,28,29,30,32,33,34)/p+1. The van der Waals surface area contributed by atoms with Crippen molar-refractivity contribution < 1.29 is 23.6 Å². The summed E-state index contributed by atoms with van der Waals surface area (Å²) in [4.78, 5) is 41.5. The van der Waals surface area contributed by atoms with Gasteiger partial charge in [0.2, 0.25) is 0 Å². The number of aryl methyl sites for hydroxylation is 1. The molecule has 0 bridgehead atoms. The van der Waals surface area contributed by atoms with E-state index in [0.717, 1.165) is 49.9 Å². The number of quaternary nitrogens is 1. The maximum absolute atomic E-state index is 13.3. The number of rotatable bonds is 8. The number of aromatic amines is 1. The van der Waals surface area contributed by atoms with Crippen molar-refractivity contribution in [2.45, 2.75) is 52.0 Å². The highest BCUT2D eigenvalue weighted by Crippen LogP contribution is 2.45. The fourth-order valence-corrected chi connectivity index (χ4v) is 5.10. The van der Waals surface area contributed by atoms with Crippen molar-refractivity contribution in [1.82, 2.24) is 10.3 Å². The Hall–Kier alpha value is -3.13. The van der Waals surface area contributed by atoms with E-state index in [0.29, 0.717) is 10.2 Å². The number of esters is 1. The van der Waals surface area contributed by atoms with Gasteiger partial charge in [0.15, 0.2) is 13.1 Å². The number of methoxy groups -OCH3 is 1. The van der Waals surface area contributed by atoms with Gasteiger partial charge in [-0.3, -0.25) is 9.59 Å². The molecule has 0 unspecified atom stereocenters. The summed E-state index contributed by atoms with van der Waals surface area (Å²) in [6, 6.07) is 10.1.